The topological polar surface area (TPSA) is 89.3 Å². The van der Waals surface area contributed by atoms with Gasteiger partial charge in [-0.1, -0.05) is 0 Å². The first kappa shape index (κ1) is 14.6. The van der Waals surface area contributed by atoms with Crippen molar-refractivity contribution in [2.45, 2.75) is 4.90 Å². The van der Waals surface area contributed by atoms with E-state index in [4.69, 9.17) is 5.73 Å². The number of nitrogens with two attached hydrogens (primary N) is 1. The highest BCUT2D eigenvalue weighted by Gasteiger charge is 2.17. The Bertz CT molecular complexity index is 531. The summed E-state index contributed by atoms with van der Waals surface area (Å²) in [6.07, 6.45) is 1.52. The van der Waals surface area contributed by atoms with E-state index in [0.717, 1.165) is 0 Å². The Balaban J connectivity index is 2.89. The highest BCUT2D eigenvalue weighted by atomic mass is 79.9. The lowest BCUT2D eigenvalue weighted by molar-refractivity contribution is 0.583. The molecule has 0 saturated heterocycles. The van der Waals surface area contributed by atoms with Gasteiger partial charge in [-0.15, -0.1) is 0 Å². The number of benzene rings is 1. The largest absolute Gasteiger partial charge is 0.399 e. The van der Waals surface area contributed by atoms with Crippen molar-refractivity contribution in [3.8, 4) is 0 Å². The van der Waals surface area contributed by atoms with Gasteiger partial charge >= 0.3 is 0 Å². The average Bonchev–Trinajstić information content (AvgIpc) is 2.20. The molecule has 1 unspecified atom stereocenters. The van der Waals surface area contributed by atoms with Gasteiger partial charge in [0.05, 0.1) is 4.90 Å². The van der Waals surface area contributed by atoms with Crippen molar-refractivity contribution in [1.82, 2.24) is 4.72 Å². The lowest BCUT2D eigenvalue weighted by Crippen LogP contribution is -2.28. The van der Waals surface area contributed by atoms with E-state index in [1.807, 2.05) is 0 Å². The molecule has 0 aromatic heterocycles. The van der Waals surface area contributed by atoms with Gasteiger partial charge in [-0.25, -0.2) is 13.1 Å². The molecule has 1 atom stereocenters. The Morgan fingerprint density at radius 1 is 1.47 bits per heavy atom. The molecule has 17 heavy (non-hydrogen) atoms. The molecule has 1 aromatic rings. The standard InChI is InChI=1S/C9H13BrN2O3S2/c1-16(13)5-4-12-17(14,15)9-6-7(11)2-3-8(9)10/h2-3,6,12H,4-5,11H2,1H3. The van der Waals surface area contributed by atoms with Crippen LogP contribution in [0.1, 0.15) is 0 Å². The molecule has 1 aromatic carbocycles. The predicted molar refractivity (Wildman–Crippen MR) is 72.7 cm³/mol. The van der Waals surface area contributed by atoms with Crippen molar-refractivity contribution < 1.29 is 12.6 Å². The molecule has 0 bridgehead atoms. The first-order valence-corrected chi connectivity index (χ1v) is 8.68. The van der Waals surface area contributed by atoms with Gasteiger partial charge in [0, 0.05) is 39.5 Å². The van der Waals surface area contributed by atoms with Crippen molar-refractivity contribution in [2.75, 3.05) is 24.3 Å². The summed E-state index contributed by atoms with van der Waals surface area (Å²) in [5.74, 6) is 0.277. The van der Waals surface area contributed by atoms with E-state index in [1.54, 1.807) is 12.1 Å². The fourth-order valence-electron chi connectivity index (χ4n) is 1.12. The van der Waals surface area contributed by atoms with Crippen LogP contribution in [0.3, 0.4) is 0 Å². The predicted octanol–water partition coefficient (Wildman–Crippen LogP) is 0.688. The van der Waals surface area contributed by atoms with Gasteiger partial charge in [-0.3, -0.25) is 4.21 Å². The van der Waals surface area contributed by atoms with Crippen LogP contribution >= 0.6 is 15.9 Å². The van der Waals surface area contributed by atoms with Gasteiger partial charge < -0.3 is 5.73 Å². The second-order valence-electron chi connectivity index (χ2n) is 3.36. The zero-order chi connectivity index (χ0) is 13.1. The van der Waals surface area contributed by atoms with Crippen LogP contribution in [0.25, 0.3) is 0 Å². The minimum Gasteiger partial charge on any atom is -0.399 e. The average molecular weight is 341 g/mol. The number of rotatable bonds is 5. The van der Waals surface area contributed by atoms with Crippen LogP contribution in [-0.2, 0) is 20.8 Å². The quantitative estimate of drug-likeness (QED) is 0.771. The molecule has 3 N–H and O–H groups in total. The molecule has 0 spiro atoms. The SMILES string of the molecule is CS(=O)CCNS(=O)(=O)c1cc(N)ccc1Br. The summed E-state index contributed by atoms with van der Waals surface area (Å²) in [6.45, 7) is 0.132. The van der Waals surface area contributed by atoms with E-state index in [0.29, 0.717) is 10.2 Å². The summed E-state index contributed by atoms with van der Waals surface area (Å²) < 4.78 is 37.4. The van der Waals surface area contributed by atoms with Crippen molar-refractivity contribution in [2.24, 2.45) is 0 Å². The van der Waals surface area contributed by atoms with E-state index >= 15 is 0 Å². The summed E-state index contributed by atoms with van der Waals surface area (Å²) in [6, 6.07) is 4.54. The van der Waals surface area contributed by atoms with Crippen LogP contribution in [0.2, 0.25) is 0 Å². The van der Waals surface area contributed by atoms with Crippen LogP contribution in [0.15, 0.2) is 27.6 Å². The van der Waals surface area contributed by atoms with E-state index in [2.05, 4.69) is 20.7 Å². The Labute approximate surface area is 111 Å². The minimum atomic E-state index is -3.62. The molecular weight excluding hydrogens is 328 g/mol. The minimum absolute atomic E-state index is 0.0828. The van der Waals surface area contributed by atoms with Gasteiger partial charge in [0.1, 0.15) is 0 Å². The van der Waals surface area contributed by atoms with Crippen LogP contribution < -0.4 is 10.5 Å². The third-order valence-electron chi connectivity index (χ3n) is 1.93. The number of anilines is 1. The lowest BCUT2D eigenvalue weighted by Gasteiger charge is -2.08. The second kappa shape index (κ2) is 5.94. The molecule has 0 aliphatic carbocycles. The molecule has 0 fully saturated rings. The highest BCUT2D eigenvalue weighted by molar-refractivity contribution is 9.10. The third kappa shape index (κ3) is 4.38. The summed E-state index contributed by atoms with van der Waals surface area (Å²) in [5.41, 5.74) is 5.91. The van der Waals surface area contributed by atoms with Gasteiger partial charge in [-0.2, -0.15) is 0 Å². The Kier molecular flexibility index (Phi) is 5.11. The van der Waals surface area contributed by atoms with E-state index in [1.165, 1.54) is 12.3 Å². The first-order chi connectivity index (χ1) is 7.83. The van der Waals surface area contributed by atoms with Gasteiger partial charge in [0.15, 0.2) is 0 Å². The molecule has 0 aliphatic rings. The molecule has 1 rings (SSSR count). The zero-order valence-electron chi connectivity index (χ0n) is 9.14. The number of nitrogen functional groups attached to an aromatic ring is 1. The van der Waals surface area contributed by atoms with Crippen LogP contribution in [0.4, 0.5) is 5.69 Å². The van der Waals surface area contributed by atoms with Crippen molar-refractivity contribution >= 4 is 42.4 Å². The number of halogens is 1. The van der Waals surface area contributed by atoms with Crippen LogP contribution in [0.5, 0.6) is 0 Å². The fraction of sp³-hybridized carbons (Fsp3) is 0.333. The maximum absolute atomic E-state index is 11.9. The van der Waals surface area contributed by atoms with Crippen molar-refractivity contribution in [1.29, 1.82) is 0 Å². The Hall–Kier alpha value is -0.440. The smallest absolute Gasteiger partial charge is 0.241 e. The second-order valence-corrected chi connectivity index (χ2v) is 7.51. The summed E-state index contributed by atoms with van der Waals surface area (Å²) in [7, 11) is -4.65. The van der Waals surface area contributed by atoms with E-state index in [-0.39, 0.29) is 17.2 Å². The summed E-state index contributed by atoms with van der Waals surface area (Å²) in [4.78, 5) is 0.0828. The normalized spacial score (nSPS) is 13.5. The molecule has 0 radical (unpaired) electrons. The molecular formula is C9H13BrN2O3S2. The van der Waals surface area contributed by atoms with Crippen LogP contribution in [-0.4, -0.2) is 31.2 Å². The highest BCUT2D eigenvalue weighted by Crippen LogP contribution is 2.23. The Morgan fingerprint density at radius 3 is 2.71 bits per heavy atom. The van der Waals surface area contributed by atoms with E-state index < -0.39 is 20.8 Å². The Morgan fingerprint density at radius 2 is 2.12 bits per heavy atom. The first-order valence-electron chi connectivity index (χ1n) is 4.67. The zero-order valence-corrected chi connectivity index (χ0v) is 12.4. The van der Waals surface area contributed by atoms with Gasteiger partial charge in [-0.05, 0) is 34.1 Å². The number of sulfonamides is 1. The van der Waals surface area contributed by atoms with Crippen LogP contribution in [0, 0.1) is 0 Å². The number of nitrogens with one attached hydrogen (secondary N) is 1. The lowest BCUT2D eigenvalue weighted by atomic mass is 10.3. The third-order valence-corrected chi connectivity index (χ3v) is 5.16. The monoisotopic (exact) mass is 340 g/mol. The molecule has 5 nitrogen and oxygen atoms in total. The van der Waals surface area contributed by atoms with Gasteiger partial charge in [0.2, 0.25) is 10.0 Å². The molecule has 8 heteroatoms. The summed E-state index contributed by atoms with van der Waals surface area (Å²) >= 11 is 3.15. The maximum atomic E-state index is 11.9. The number of hydrogen-bond acceptors (Lipinski definition) is 4. The fourth-order valence-corrected chi connectivity index (χ4v) is 3.67. The number of hydrogen-bond donors (Lipinski definition) is 2. The summed E-state index contributed by atoms with van der Waals surface area (Å²) in [5, 5.41) is 0. The molecule has 96 valence electrons. The molecule has 0 aliphatic heterocycles. The molecule has 0 amide bonds. The van der Waals surface area contributed by atoms with Crippen molar-refractivity contribution in [3.63, 3.8) is 0 Å². The van der Waals surface area contributed by atoms with Crippen molar-refractivity contribution in [3.05, 3.63) is 22.7 Å². The maximum Gasteiger partial charge on any atom is 0.241 e. The molecule has 0 heterocycles. The molecule has 0 saturated carbocycles. The van der Waals surface area contributed by atoms with Gasteiger partial charge in [0.25, 0.3) is 0 Å². The van der Waals surface area contributed by atoms with E-state index in [9.17, 15) is 12.6 Å².